The molecule has 2 aliphatic heterocycles. The third kappa shape index (κ3) is 2.05. The fourth-order valence-electron chi connectivity index (χ4n) is 3.61. The highest BCUT2D eigenvalue weighted by atomic mass is 15.0. The molecule has 0 radical (unpaired) electrons. The lowest BCUT2D eigenvalue weighted by molar-refractivity contribution is 0.346. The highest BCUT2D eigenvalue weighted by Crippen LogP contribution is 2.29. The Morgan fingerprint density at radius 2 is 1.55 bits per heavy atom. The van der Waals surface area contributed by atoms with Crippen LogP contribution in [-0.4, -0.2) is 12.6 Å². The molecule has 2 heteroatoms. The van der Waals surface area contributed by atoms with E-state index in [1.807, 2.05) is 0 Å². The molecule has 0 aromatic heterocycles. The lowest BCUT2D eigenvalue weighted by atomic mass is 9.84. The maximum Gasteiger partial charge on any atom is 0.0482 e. The molecule has 0 bridgehead atoms. The zero-order chi connectivity index (χ0) is 13.4. The number of fused-ring (bicyclic) bond motifs is 2. The predicted molar refractivity (Wildman–Crippen MR) is 81.7 cm³/mol. The van der Waals surface area contributed by atoms with Crippen LogP contribution >= 0.6 is 0 Å². The van der Waals surface area contributed by atoms with Crippen molar-refractivity contribution in [3.05, 3.63) is 70.8 Å². The summed E-state index contributed by atoms with van der Waals surface area (Å²) in [6.07, 6.45) is 2.26. The van der Waals surface area contributed by atoms with E-state index in [2.05, 4.69) is 59.2 Å². The summed E-state index contributed by atoms with van der Waals surface area (Å²) in [5.41, 5.74) is 5.95. The standard InChI is InChI=1S/C18H20N2/c1-2-7-15-12-20-17(11-14(15)6-1)18-16-8-4-3-5-13(16)9-10-19-18/h1-8,17-20H,9-12H2. The number of hydrogen-bond donors (Lipinski definition) is 2. The lowest BCUT2D eigenvalue weighted by Crippen LogP contribution is -2.47. The maximum absolute atomic E-state index is 3.72. The average Bonchev–Trinajstić information content (AvgIpc) is 2.54. The number of rotatable bonds is 1. The number of hydrogen-bond acceptors (Lipinski definition) is 2. The van der Waals surface area contributed by atoms with Crippen LogP contribution in [0.4, 0.5) is 0 Å². The minimum atomic E-state index is 0.438. The van der Waals surface area contributed by atoms with Crippen molar-refractivity contribution in [1.82, 2.24) is 10.6 Å². The van der Waals surface area contributed by atoms with E-state index in [9.17, 15) is 0 Å². The second-order valence-corrected chi connectivity index (χ2v) is 5.84. The van der Waals surface area contributed by atoms with Gasteiger partial charge in [0.25, 0.3) is 0 Å². The molecule has 2 unspecified atom stereocenters. The van der Waals surface area contributed by atoms with Gasteiger partial charge in [-0.05, 0) is 41.6 Å². The molecule has 0 amide bonds. The van der Waals surface area contributed by atoms with Gasteiger partial charge in [0, 0.05) is 18.6 Å². The lowest BCUT2D eigenvalue weighted by Gasteiger charge is -2.37. The van der Waals surface area contributed by atoms with Gasteiger partial charge in [-0.3, -0.25) is 0 Å². The topological polar surface area (TPSA) is 24.1 Å². The molecule has 4 rings (SSSR count). The molecule has 0 aliphatic carbocycles. The second kappa shape index (κ2) is 5.04. The van der Waals surface area contributed by atoms with Gasteiger partial charge in [-0.15, -0.1) is 0 Å². The van der Waals surface area contributed by atoms with Gasteiger partial charge in [0.05, 0.1) is 0 Å². The molecule has 0 spiro atoms. The van der Waals surface area contributed by atoms with E-state index in [0.29, 0.717) is 12.1 Å². The van der Waals surface area contributed by atoms with Crippen molar-refractivity contribution in [2.75, 3.05) is 6.54 Å². The summed E-state index contributed by atoms with van der Waals surface area (Å²) in [4.78, 5) is 0. The van der Waals surface area contributed by atoms with Crippen molar-refractivity contribution in [3.63, 3.8) is 0 Å². The van der Waals surface area contributed by atoms with Crippen molar-refractivity contribution in [2.45, 2.75) is 31.5 Å². The first-order valence-corrected chi connectivity index (χ1v) is 7.53. The van der Waals surface area contributed by atoms with E-state index >= 15 is 0 Å². The van der Waals surface area contributed by atoms with Gasteiger partial charge < -0.3 is 10.6 Å². The number of benzene rings is 2. The van der Waals surface area contributed by atoms with Gasteiger partial charge in [-0.2, -0.15) is 0 Å². The number of nitrogens with one attached hydrogen (secondary N) is 2. The van der Waals surface area contributed by atoms with Crippen LogP contribution in [0, 0.1) is 0 Å². The molecular formula is C18H20N2. The molecule has 2 heterocycles. The smallest absolute Gasteiger partial charge is 0.0482 e. The fraction of sp³-hybridized carbons (Fsp3) is 0.333. The Hall–Kier alpha value is -1.64. The molecular weight excluding hydrogens is 244 g/mol. The zero-order valence-electron chi connectivity index (χ0n) is 11.6. The third-order valence-electron chi connectivity index (χ3n) is 4.66. The van der Waals surface area contributed by atoms with E-state index in [-0.39, 0.29) is 0 Å². The molecule has 20 heavy (non-hydrogen) atoms. The van der Waals surface area contributed by atoms with Crippen LogP contribution < -0.4 is 10.6 Å². The summed E-state index contributed by atoms with van der Waals surface area (Å²) in [6, 6.07) is 18.6. The third-order valence-corrected chi connectivity index (χ3v) is 4.66. The van der Waals surface area contributed by atoms with E-state index in [0.717, 1.165) is 25.9 Å². The summed E-state index contributed by atoms with van der Waals surface area (Å²) in [7, 11) is 0. The van der Waals surface area contributed by atoms with Gasteiger partial charge in [-0.25, -0.2) is 0 Å². The molecule has 2 nitrogen and oxygen atoms in total. The first kappa shape index (κ1) is 12.1. The molecule has 2 aromatic carbocycles. The Kier molecular flexibility index (Phi) is 3.06. The van der Waals surface area contributed by atoms with Crippen LogP contribution in [0.1, 0.15) is 28.3 Å². The van der Waals surface area contributed by atoms with Gasteiger partial charge in [0.15, 0.2) is 0 Å². The summed E-state index contributed by atoms with van der Waals surface area (Å²) in [5, 5.41) is 7.44. The maximum atomic E-state index is 3.72. The normalized spacial score (nSPS) is 24.8. The SMILES string of the molecule is c1ccc2c(c1)CNC(C1NCCc3ccccc31)C2. The minimum absolute atomic E-state index is 0.438. The van der Waals surface area contributed by atoms with Gasteiger partial charge in [0.2, 0.25) is 0 Å². The van der Waals surface area contributed by atoms with Gasteiger partial charge in [-0.1, -0.05) is 48.5 Å². The van der Waals surface area contributed by atoms with Crippen LogP contribution in [0.15, 0.2) is 48.5 Å². The molecule has 2 aromatic rings. The van der Waals surface area contributed by atoms with E-state index in [1.54, 1.807) is 0 Å². The Morgan fingerprint density at radius 3 is 2.45 bits per heavy atom. The summed E-state index contributed by atoms with van der Waals surface area (Å²) < 4.78 is 0. The monoisotopic (exact) mass is 264 g/mol. The van der Waals surface area contributed by atoms with Crippen LogP contribution in [0.25, 0.3) is 0 Å². The Morgan fingerprint density at radius 1 is 0.800 bits per heavy atom. The van der Waals surface area contributed by atoms with Crippen LogP contribution in [0.3, 0.4) is 0 Å². The summed E-state index contributed by atoms with van der Waals surface area (Å²) in [5.74, 6) is 0. The van der Waals surface area contributed by atoms with Gasteiger partial charge in [0.1, 0.15) is 0 Å². The van der Waals surface area contributed by atoms with E-state index < -0.39 is 0 Å². The molecule has 102 valence electrons. The zero-order valence-corrected chi connectivity index (χ0v) is 11.6. The first-order valence-electron chi connectivity index (χ1n) is 7.53. The second-order valence-electron chi connectivity index (χ2n) is 5.84. The molecule has 2 N–H and O–H groups in total. The highest BCUT2D eigenvalue weighted by molar-refractivity contribution is 5.36. The molecule has 2 aliphatic rings. The van der Waals surface area contributed by atoms with Crippen molar-refractivity contribution in [3.8, 4) is 0 Å². The van der Waals surface area contributed by atoms with Crippen LogP contribution in [0.5, 0.6) is 0 Å². The van der Waals surface area contributed by atoms with Crippen molar-refractivity contribution >= 4 is 0 Å². The molecule has 0 fully saturated rings. The Balaban J connectivity index is 1.64. The molecule has 0 saturated carbocycles. The summed E-state index contributed by atoms with van der Waals surface area (Å²) >= 11 is 0. The highest BCUT2D eigenvalue weighted by Gasteiger charge is 2.29. The molecule has 2 atom stereocenters. The van der Waals surface area contributed by atoms with Gasteiger partial charge >= 0.3 is 0 Å². The molecule has 0 saturated heterocycles. The van der Waals surface area contributed by atoms with Crippen molar-refractivity contribution in [2.24, 2.45) is 0 Å². The first-order chi connectivity index (χ1) is 9.92. The van der Waals surface area contributed by atoms with Crippen molar-refractivity contribution < 1.29 is 0 Å². The largest absolute Gasteiger partial charge is 0.308 e. The fourth-order valence-corrected chi connectivity index (χ4v) is 3.61. The Bertz CT molecular complexity index is 620. The van der Waals surface area contributed by atoms with E-state index in [1.165, 1.54) is 22.3 Å². The summed E-state index contributed by atoms with van der Waals surface area (Å²) in [6.45, 7) is 2.07. The average molecular weight is 264 g/mol. The Labute approximate surface area is 120 Å². The van der Waals surface area contributed by atoms with Crippen LogP contribution in [-0.2, 0) is 19.4 Å². The van der Waals surface area contributed by atoms with Crippen LogP contribution in [0.2, 0.25) is 0 Å². The van der Waals surface area contributed by atoms with Crippen molar-refractivity contribution in [1.29, 1.82) is 0 Å². The predicted octanol–water partition coefficient (Wildman–Crippen LogP) is 2.59. The minimum Gasteiger partial charge on any atom is -0.308 e. The van der Waals surface area contributed by atoms with E-state index in [4.69, 9.17) is 0 Å². The quantitative estimate of drug-likeness (QED) is 0.827.